The molecule has 2 rings (SSSR count). The average molecular weight is 307 g/mol. The van der Waals surface area contributed by atoms with Crippen molar-refractivity contribution in [1.29, 1.82) is 0 Å². The van der Waals surface area contributed by atoms with Gasteiger partial charge in [0.25, 0.3) is 5.91 Å². The van der Waals surface area contributed by atoms with Crippen molar-refractivity contribution in [3.8, 4) is 0 Å². The average Bonchev–Trinajstić information content (AvgIpc) is 2.41. The van der Waals surface area contributed by atoms with Crippen LogP contribution in [0.5, 0.6) is 0 Å². The van der Waals surface area contributed by atoms with Gasteiger partial charge in [-0.2, -0.15) is 0 Å². The summed E-state index contributed by atoms with van der Waals surface area (Å²) >= 11 is 3.32. The van der Waals surface area contributed by atoms with Crippen LogP contribution in [0.25, 0.3) is 0 Å². The van der Waals surface area contributed by atoms with Crippen molar-refractivity contribution in [3.05, 3.63) is 46.7 Å². The summed E-state index contributed by atoms with van der Waals surface area (Å²) in [5.74, 6) is 0.904. The first-order chi connectivity index (χ1) is 8.70. The van der Waals surface area contributed by atoms with Crippen LogP contribution in [0, 0.1) is 0 Å². The van der Waals surface area contributed by atoms with Crippen molar-refractivity contribution in [2.24, 2.45) is 0 Å². The highest BCUT2D eigenvalue weighted by Gasteiger charge is 2.09. The van der Waals surface area contributed by atoms with Gasteiger partial charge in [0.2, 0.25) is 0 Å². The van der Waals surface area contributed by atoms with E-state index in [1.54, 1.807) is 37.6 Å². The smallest absolute Gasteiger partial charge is 0.257 e. The minimum atomic E-state index is -0.228. The quantitative estimate of drug-likeness (QED) is 0.914. The molecule has 92 valence electrons. The lowest BCUT2D eigenvalue weighted by molar-refractivity contribution is 0.102. The lowest BCUT2D eigenvalue weighted by atomic mass is 10.2. The molecule has 0 fully saturated rings. The van der Waals surface area contributed by atoms with Crippen molar-refractivity contribution in [1.82, 2.24) is 9.97 Å². The molecule has 0 unspecified atom stereocenters. The molecular formula is C12H11BrN4O. The second-order valence-corrected chi connectivity index (χ2v) is 4.32. The summed E-state index contributed by atoms with van der Waals surface area (Å²) in [6.45, 7) is 0. The van der Waals surface area contributed by atoms with E-state index in [1.807, 2.05) is 6.07 Å². The van der Waals surface area contributed by atoms with Gasteiger partial charge in [-0.3, -0.25) is 4.79 Å². The largest absolute Gasteiger partial charge is 0.373 e. The fraction of sp³-hybridized carbons (Fsp3) is 0.0833. The topological polar surface area (TPSA) is 66.9 Å². The first kappa shape index (κ1) is 12.5. The number of pyridine rings is 2. The SMILES string of the molecule is CNc1cc(C(=O)Nc2ncccc2Br)ccn1. The molecule has 1 amide bonds. The molecule has 0 aliphatic carbocycles. The van der Waals surface area contributed by atoms with E-state index < -0.39 is 0 Å². The van der Waals surface area contributed by atoms with Gasteiger partial charge in [-0.25, -0.2) is 9.97 Å². The number of halogens is 1. The zero-order valence-corrected chi connectivity index (χ0v) is 11.2. The third-order valence-electron chi connectivity index (χ3n) is 2.27. The van der Waals surface area contributed by atoms with Crippen LogP contribution in [0.4, 0.5) is 11.6 Å². The van der Waals surface area contributed by atoms with Crippen LogP contribution in [-0.2, 0) is 0 Å². The van der Waals surface area contributed by atoms with Crippen molar-refractivity contribution < 1.29 is 4.79 Å². The minimum absolute atomic E-state index is 0.228. The summed E-state index contributed by atoms with van der Waals surface area (Å²) in [5, 5.41) is 5.61. The molecule has 5 nitrogen and oxygen atoms in total. The lowest BCUT2D eigenvalue weighted by Gasteiger charge is -2.06. The number of aromatic nitrogens is 2. The molecular weight excluding hydrogens is 296 g/mol. The molecule has 0 radical (unpaired) electrons. The summed E-state index contributed by atoms with van der Waals surface area (Å²) < 4.78 is 0.737. The molecule has 0 atom stereocenters. The maximum absolute atomic E-state index is 12.0. The van der Waals surface area contributed by atoms with Gasteiger partial charge in [-0.1, -0.05) is 0 Å². The number of anilines is 2. The van der Waals surface area contributed by atoms with Crippen LogP contribution in [0.1, 0.15) is 10.4 Å². The number of carbonyl (C=O) groups excluding carboxylic acids is 1. The predicted molar refractivity (Wildman–Crippen MR) is 73.7 cm³/mol. The van der Waals surface area contributed by atoms with E-state index in [0.717, 1.165) is 4.47 Å². The lowest BCUT2D eigenvalue weighted by Crippen LogP contribution is -2.13. The number of nitrogens with zero attached hydrogens (tertiary/aromatic N) is 2. The Morgan fingerprint density at radius 3 is 2.83 bits per heavy atom. The second kappa shape index (κ2) is 5.59. The number of hydrogen-bond donors (Lipinski definition) is 2. The standard InChI is InChI=1S/C12H11BrN4O/c1-14-10-7-8(4-6-15-10)12(18)17-11-9(13)3-2-5-16-11/h2-7H,1H3,(H,14,15)(H,16,17,18). The molecule has 2 aromatic rings. The highest BCUT2D eigenvalue weighted by molar-refractivity contribution is 9.10. The van der Waals surface area contributed by atoms with E-state index in [1.165, 1.54) is 0 Å². The van der Waals surface area contributed by atoms with Crippen LogP contribution in [0.3, 0.4) is 0 Å². The molecule has 6 heteroatoms. The van der Waals surface area contributed by atoms with E-state index in [9.17, 15) is 4.79 Å². The van der Waals surface area contributed by atoms with Crippen molar-refractivity contribution in [2.75, 3.05) is 17.7 Å². The van der Waals surface area contributed by atoms with E-state index in [2.05, 4.69) is 36.5 Å². The summed E-state index contributed by atoms with van der Waals surface area (Å²) in [6, 6.07) is 6.92. The summed E-state index contributed by atoms with van der Waals surface area (Å²) in [5.41, 5.74) is 0.520. The van der Waals surface area contributed by atoms with Crippen molar-refractivity contribution in [3.63, 3.8) is 0 Å². The first-order valence-corrected chi connectivity index (χ1v) is 6.05. The van der Waals surface area contributed by atoms with Crippen LogP contribution < -0.4 is 10.6 Å². The summed E-state index contributed by atoms with van der Waals surface area (Å²) in [6.07, 6.45) is 3.19. The molecule has 0 saturated carbocycles. The van der Waals surface area contributed by atoms with Gasteiger partial charge >= 0.3 is 0 Å². The Morgan fingerprint density at radius 2 is 2.11 bits per heavy atom. The van der Waals surface area contributed by atoms with E-state index in [-0.39, 0.29) is 5.91 Å². The van der Waals surface area contributed by atoms with Crippen molar-refractivity contribution in [2.45, 2.75) is 0 Å². The van der Waals surface area contributed by atoms with E-state index >= 15 is 0 Å². The fourth-order valence-electron chi connectivity index (χ4n) is 1.37. The maximum atomic E-state index is 12.0. The number of rotatable bonds is 3. The number of nitrogens with one attached hydrogen (secondary N) is 2. The van der Waals surface area contributed by atoms with Crippen LogP contribution in [0.2, 0.25) is 0 Å². The van der Waals surface area contributed by atoms with Crippen LogP contribution in [0.15, 0.2) is 41.1 Å². The van der Waals surface area contributed by atoms with E-state index in [0.29, 0.717) is 17.2 Å². The highest BCUT2D eigenvalue weighted by Crippen LogP contribution is 2.19. The van der Waals surface area contributed by atoms with Gasteiger partial charge in [0, 0.05) is 25.0 Å². The molecule has 2 heterocycles. The molecule has 0 spiro atoms. The third kappa shape index (κ3) is 2.84. The third-order valence-corrected chi connectivity index (χ3v) is 2.91. The Hall–Kier alpha value is -1.95. The molecule has 0 aromatic carbocycles. The summed E-state index contributed by atoms with van der Waals surface area (Å²) in [4.78, 5) is 20.1. The highest BCUT2D eigenvalue weighted by atomic mass is 79.9. The number of carbonyl (C=O) groups is 1. The van der Waals surface area contributed by atoms with Gasteiger partial charge in [0.1, 0.15) is 11.6 Å². The number of amides is 1. The molecule has 18 heavy (non-hydrogen) atoms. The van der Waals surface area contributed by atoms with Gasteiger partial charge in [0.05, 0.1) is 4.47 Å². The van der Waals surface area contributed by atoms with E-state index in [4.69, 9.17) is 0 Å². The Balaban J connectivity index is 2.19. The number of hydrogen-bond acceptors (Lipinski definition) is 4. The molecule has 2 N–H and O–H groups in total. The van der Waals surface area contributed by atoms with Gasteiger partial charge < -0.3 is 10.6 Å². The maximum Gasteiger partial charge on any atom is 0.257 e. The molecule has 2 aromatic heterocycles. The van der Waals surface area contributed by atoms with Crippen LogP contribution >= 0.6 is 15.9 Å². The fourth-order valence-corrected chi connectivity index (χ4v) is 1.72. The molecule has 0 aliphatic rings. The Kier molecular flexibility index (Phi) is 3.88. The zero-order chi connectivity index (χ0) is 13.0. The summed E-state index contributed by atoms with van der Waals surface area (Å²) in [7, 11) is 1.75. The molecule has 0 aliphatic heterocycles. The Bertz CT molecular complexity index is 574. The van der Waals surface area contributed by atoms with Crippen molar-refractivity contribution >= 4 is 33.5 Å². The zero-order valence-electron chi connectivity index (χ0n) is 9.64. The van der Waals surface area contributed by atoms with Gasteiger partial charge in [-0.05, 0) is 40.2 Å². The normalized spacial score (nSPS) is 9.89. The van der Waals surface area contributed by atoms with Gasteiger partial charge in [-0.15, -0.1) is 0 Å². The first-order valence-electron chi connectivity index (χ1n) is 5.26. The minimum Gasteiger partial charge on any atom is -0.373 e. The monoisotopic (exact) mass is 306 g/mol. The Labute approximate surface area is 113 Å². The predicted octanol–water partition coefficient (Wildman–Crippen LogP) is 2.53. The second-order valence-electron chi connectivity index (χ2n) is 3.47. The van der Waals surface area contributed by atoms with Gasteiger partial charge in [0.15, 0.2) is 0 Å². The molecule has 0 bridgehead atoms. The van der Waals surface area contributed by atoms with Crippen LogP contribution in [-0.4, -0.2) is 22.9 Å². The molecule has 0 saturated heterocycles. The Morgan fingerprint density at radius 1 is 1.28 bits per heavy atom.